The number of aromatic nitrogens is 1. The van der Waals surface area contributed by atoms with Gasteiger partial charge in [0.15, 0.2) is 0 Å². The molecule has 0 bridgehead atoms. The zero-order valence-electron chi connectivity index (χ0n) is 9.87. The third-order valence-electron chi connectivity index (χ3n) is 2.34. The predicted molar refractivity (Wildman–Crippen MR) is 91.9 cm³/mol. The van der Waals surface area contributed by atoms with Gasteiger partial charge in [-0.1, -0.05) is 34.8 Å². The number of nitrogens with zero attached hydrogens (tertiary/aromatic N) is 1. The van der Waals surface area contributed by atoms with E-state index in [0.29, 0.717) is 8.95 Å². The van der Waals surface area contributed by atoms with Crippen LogP contribution < -0.4 is 4.72 Å². The van der Waals surface area contributed by atoms with Crippen LogP contribution >= 0.6 is 66.7 Å². The summed E-state index contributed by atoms with van der Waals surface area (Å²) in [6.45, 7) is 0. The third kappa shape index (κ3) is 3.83. The minimum Gasteiger partial charge on any atom is -0.278 e. The monoisotopic (exact) mass is 492 g/mol. The van der Waals surface area contributed by atoms with Crippen LogP contribution in [0.1, 0.15) is 0 Å². The number of rotatable bonds is 3. The van der Waals surface area contributed by atoms with E-state index in [2.05, 4.69) is 41.6 Å². The van der Waals surface area contributed by atoms with E-state index in [9.17, 15) is 8.42 Å². The van der Waals surface area contributed by atoms with Crippen LogP contribution in [0.5, 0.6) is 0 Å². The Bertz CT molecular complexity index is 815. The van der Waals surface area contributed by atoms with Gasteiger partial charge in [-0.25, -0.2) is 13.4 Å². The fourth-order valence-corrected chi connectivity index (χ4v) is 4.29. The van der Waals surface area contributed by atoms with Crippen molar-refractivity contribution in [1.29, 1.82) is 0 Å². The lowest BCUT2D eigenvalue weighted by Gasteiger charge is -2.12. The van der Waals surface area contributed by atoms with E-state index in [1.807, 2.05) is 0 Å². The van der Waals surface area contributed by atoms with Crippen molar-refractivity contribution in [2.45, 2.75) is 4.90 Å². The molecule has 0 unspecified atom stereocenters. The van der Waals surface area contributed by atoms with Crippen molar-refractivity contribution < 1.29 is 8.42 Å². The van der Waals surface area contributed by atoms with Crippen LogP contribution in [-0.2, 0) is 10.0 Å². The van der Waals surface area contributed by atoms with E-state index in [0.717, 1.165) is 0 Å². The molecule has 4 nitrogen and oxygen atoms in total. The van der Waals surface area contributed by atoms with Crippen LogP contribution in [0, 0.1) is 0 Å². The Morgan fingerprint density at radius 1 is 1.10 bits per heavy atom. The molecule has 1 N–H and O–H groups in total. The molecule has 1 aromatic carbocycles. The predicted octanol–water partition coefficient (Wildman–Crippen LogP) is 5.37. The zero-order valence-corrected chi connectivity index (χ0v) is 16.1. The summed E-state index contributed by atoms with van der Waals surface area (Å²) in [5.41, 5.74) is 0.140. The summed E-state index contributed by atoms with van der Waals surface area (Å²) >= 11 is 24.1. The lowest BCUT2D eigenvalue weighted by Crippen LogP contribution is -2.14. The fourth-order valence-electron chi connectivity index (χ4n) is 1.40. The topological polar surface area (TPSA) is 59.1 Å². The second kappa shape index (κ2) is 6.60. The Hall–Kier alpha value is -0.0500. The molecule has 0 atom stereocenters. The number of nitrogens with one attached hydrogen (secondary N) is 1. The summed E-state index contributed by atoms with van der Waals surface area (Å²) in [5.74, 6) is 0. The molecule has 0 aliphatic heterocycles. The van der Waals surface area contributed by atoms with Gasteiger partial charge < -0.3 is 0 Å². The highest BCUT2D eigenvalue weighted by Crippen LogP contribution is 2.37. The molecule has 2 rings (SSSR count). The van der Waals surface area contributed by atoms with Gasteiger partial charge in [0.25, 0.3) is 10.0 Å². The maximum absolute atomic E-state index is 12.4. The van der Waals surface area contributed by atoms with Crippen LogP contribution in [0.3, 0.4) is 0 Å². The minimum absolute atomic E-state index is 0.0775. The van der Waals surface area contributed by atoms with Crippen LogP contribution in [0.25, 0.3) is 0 Å². The van der Waals surface area contributed by atoms with E-state index in [1.165, 1.54) is 18.3 Å². The maximum atomic E-state index is 12.4. The van der Waals surface area contributed by atoms with Crippen molar-refractivity contribution in [1.82, 2.24) is 4.98 Å². The van der Waals surface area contributed by atoms with Crippen molar-refractivity contribution in [3.05, 3.63) is 48.5 Å². The summed E-state index contributed by atoms with van der Waals surface area (Å²) in [7, 11) is -3.95. The zero-order chi connectivity index (χ0) is 15.8. The molecular weight excluding hydrogens is 490 g/mol. The quantitative estimate of drug-likeness (QED) is 0.460. The van der Waals surface area contributed by atoms with Crippen molar-refractivity contribution >= 4 is 82.4 Å². The first-order valence-corrected chi connectivity index (χ1v) is 9.40. The molecule has 10 heteroatoms. The molecule has 21 heavy (non-hydrogen) atoms. The van der Waals surface area contributed by atoms with Crippen molar-refractivity contribution in [3.63, 3.8) is 0 Å². The third-order valence-corrected chi connectivity index (χ3v) is 6.34. The van der Waals surface area contributed by atoms with Crippen LogP contribution in [0.2, 0.25) is 15.2 Å². The van der Waals surface area contributed by atoms with Crippen LogP contribution in [0.15, 0.2) is 38.2 Å². The summed E-state index contributed by atoms with van der Waals surface area (Å²) in [5, 5.41) is 0.133. The van der Waals surface area contributed by atoms with Gasteiger partial charge in [-0.05, 0) is 50.1 Å². The van der Waals surface area contributed by atoms with E-state index < -0.39 is 10.0 Å². The molecule has 2 aromatic rings. The number of benzene rings is 1. The average Bonchev–Trinajstić information content (AvgIpc) is 2.42. The Morgan fingerprint density at radius 2 is 1.76 bits per heavy atom. The molecular formula is C11H5Br2Cl3N2O2S. The Balaban J connectivity index is 2.47. The van der Waals surface area contributed by atoms with E-state index in [4.69, 9.17) is 34.8 Å². The van der Waals surface area contributed by atoms with Gasteiger partial charge in [0.1, 0.15) is 10.0 Å². The Labute approximate surface area is 153 Å². The largest absolute Gasteiger partial charge is 0.278 e. The lowest BCUT2D eigenvalue weighted by molar-refractivity contribution is 0.601. The lowest BCUT2D eigenvalue weighted by atomic mass is 10.3. The summed E-state index contributed by atoms with van der Waals surface area (Å²) < 4.78 is 28.1. The van der Waals surface area contributed by atoms with Gasteiger partial charge >= 0.3 is 0 Å². The maximum Gasteiger partial charge on any atom is 0.265 e. The molecule has 0 amide bonds. The number of sulfonamides is 1. The Morgan fingerprint density at radius 3 is 2.43 bits per heavy atom. The highest BCUT2D eigenvalue weighted by atomic mass is 79.9. The van der Waals surface area contributed by atoms with Crippen molar-refractivity contribution in [2.75, 3.05) is 4.72 Å². The second-order valence-electron chi connectivity index (χ2n) is 3.77. The SMILES string of the molecule is O=S(=O)(Nc1ccc(Br)c(Cl)c1Cl)c1cc(Br)cnc1Cl. The smallest absolute Gasteiger partial charge is 0.265 e. The molecule has 1 aromatic heterocycles. The number of hydrogen-bond donors (Lipinski definition) is 1. The van der Waals surface area contributed by atoms with Crippen molar-refractivity contribution in [2.24, 2.45) is 0 Å². The molecule has 0 saturated heterocycles. The van der Waals surface area contributed by atoms with Gasteiger partial charge in [-0.3, -0.25) is 4.72 Å². The van der Waals surface area contributed by atoms with Gasteiger partial charge in [0, 0.05) is 15.1 Å². The first kappa shape index (κ1) is 17.3. The standard InChI is InChI=1S/C11H5Br2Cl3N2O2S/c12-5-3-8(11(16)17-4-5)21(19,20)18-7-2-1-6(13)9(14)10(7)15/h1-4,18H. The number of halogens is 5. The van der Waals surface area contributed by atoms with Crippen molar-refractivity contribution in [3.8, 4) is 0 Å². The molecule has 0 radical (unpaired) electrons. The first-order chi connectivity index (χ1) is 9.72. The van der Waals surface area contributed by atoms with Gasteiger partial charge in [0.2, 0.25) is 0 Å². The molecule has 1 heterocycles. The molecule has 0 spiro atoms. The highest BCUT2D eigenvalue weighted by Gasteiger charge is 2.21. The fraction of sp³-hybridized carbons (Fsp3) is 0. The Kier molecular flexibility index (Phi) is 5.44. The van der Waals surface area contributed by atoms with E-state index in [1.54, 1.807) is 6.07 Å². The molecule has 0 aliphatic rings. The summed E-state index contributed by atoms with van der Waals surface area (Å²) in [4.78, 5) is 3.60. The second-order valence-corrected chi connectivity index (χ2v) is 8.31. The van der Waals surface area contributed by atoms with Crippen LogP contribution in [-0.4, -0.2) is 13.4 Å². The normalized spacial score (nSPS) is 11.5. The number of pyridine rings is 1. The van der Waals surface area contributed by atoms with E-state index >= 15 is 0 Å². The summed E-state index contributed by atoms with van der Waals surface area (Å²) in [6.07, 6.45) is 1.39. The molecule has 0 fully saturated rings. The first-order valence-electron chi connectivity index (χ1n) is 5.20. The van der Waals surface area contributed by atoms with Gasteiger partial charge in [-0.15, -0.1) is 0 Å². The summed E-state index contributed by atoms with van der Waals surface area (Å²) in [6, 6.07) is 4.40. The van der Waals surface area contributed by atoms with Gasteiger partial charge in [-0.2, -0.15) is 0 Å². The average molecular weight is 495 g/mol. The van der Waals surface area contributed by atoms with E-state index in [-0.39, 0.29) is 25.8 Å². The molecule has 0 saturated carbocycles. The molecule has 0 aliphatic carbocycles. The number of anilines is 1. The van der Waals surface area contributed by atoms with Crippen LogP contribution in [0.4, 0.5) is 5.69 Å². The van der Waals surface area contributed by atoms with Gasteiger partial charge in [0.05, 0.1) is 15.7 Å². The minimum atomic E-state index is -3.95. The number of hydrogen-bond acceptors (Lipinski definition) is 3. The molecule has 112 valence electrons. The highest BCUT2D eigenvalue weighted by molar-refractivity contribution is 9.10.